The Morgan fingerprint density at radius 2 is 1.88 bits per heavy atom. The molecule has 17 heavy (non-hydrogen) atoms. The second-order valence-electron chi connectivity index (χ2n) is 4.63. The van der Waals surface area contributed by atoms with Crippen LogP contribution in [0.3, 0.4) is 0 Å². The van der Waals surface area contributed by atoms with Gasteiger partial charge in [0, 0.05) is 25.2 Å². The van der Waals surface area contributed by atoms with E-state index < -0.39 is 0 Å². The zero-order valence-corrected chi connectivity index (χ0v) is 11.1. The summed E-state index contributed by atoms with van der Waals surface area (Å²) in [7, 11) is 3.92. The van der Waals surface area contributed by atoms with Gasteiger partial charge in [-0.05, 0) is 39.7 Å². The Kier molecular flexibility index (Phi) is 5.98. The van der Waals surface area contributed by atoms with E-state index in [4.69, 9.17) is 0 Å². The van der Waals surface area contributed by atoms with Crippen molar-refractivity contribution in [3.63, 3.8) is 0 Å². The molecule has 1 N–H and O–H groups in total. The van der Waals surface area contributed by atoms with Gasteiger partial charge in [0.1, 0.15) is 0 Å². The lowest BCUT2D eigenvalue weighted by atomic mass is 9.90. The maximum Gasteiger partial charge on any atom is 0.246 e. The second-order valence-corrected chi connectivity index (χ2v) is 4.63. The summed E-state index contributed by atoms with van der Waals surface area (Å²) in [5, 5.41) is 3.31. The number of amides is 1. The van der Waals surface area contributed by atoms with E-state index in [0.29, 0.717) is 12.1 Å². The minimum absolute atomic E-state index is 0.107. The molecule has 1 rings (SSSR count). The molecule has 1 amide bonds. The van der Waals surface area contributed by atoms with Crippen molar-refractivity contribution in [3.8, 4) is 0 Å². The van der Waals surface area contributed by atoms with E-state index in [1.165, 1.54) is 0 Å². The number of hydrogen-bond donors (Lipinski definition) is 1. The average Bonchev–Trinajstić information content (AvgIpc) is 2.38. The summed E-state index contributed by atoms with van der Waals surface area (Å²) in [6, 6.07) is 1.04. The molecule has 1 aliphatic rings. The first-order chi connectivity index (χ1) is 8.19. The van der Waals surface area contributed by atoms with Crippen molar-refractivity contribution in [1.82, 2.24) is 10.2 Å². The van der Waals surface area contributed by atoms with E-state index >= 15 is 0 Å². The third-order valence-electron chi connectivity index (χ3n) is 3.54. The zero-order valence-electron chi connectivity index (χ0n) is 11.1. The molecule has 1 fully saturated rings. The molecule has 0 unspecified atom stereocenters. The van der Waals surface area contributed by atoms with Gasteiger partial charge in [0.25, 0.3) is 0 Å². The van der Waals surface area contributed by atoms with Crippen LogP contribution in [0.1, 0.15) is 32.6 Å². The van der Waals surface area contributed by atoms with Crippen LogP contribution in [-0.4, -0.2) is 37.0 Å². The van der Waals surface area contributed by atoms with Crippen LogP contribution in [0.25, 0.3) is 0 Å². The van der Waals surface area contributed by atoms with Gasteiger partial charge in [-0.15, -0.1) is 0 Å². The number of allylic oxidation sites excluding steroid dienone is 3. The van der Waals surface area contributed by atoms with Gasteiger partial charge in [0.05, 0.1) is 0 Å². The molecule has 0 aliphatic heterocycles. The van der Waals surface area contributed by atoms with Crippen molar-refractivity contribution in [1.29, 1.82) is 0 Å². The van der Waals surface area contributed by atoms with Crippen LogP contribution < -0.4 is 5.32 Å². The molecule has 0 aromatic rings. The van der Waals surface area contributed by atoms with Gasteiger partial charge < -0.3 is 10.2 Å². The number of likely N-dealkylation sites (N-methyl/N-ethyl adjacent to an activating group) is 1. The summed E-state index contributed by atoms with van der Waals surface area (Å²) in [6.45, 7) is 1.94. The van der Waals surface area contributed by atoms with Gasteiger partial charge in [-0.2, -0.15) is 0 Å². The molecule has 0 aromatic heterocycles. The number of hydrogen-bond acceptors (Lipinski definition) is 2. The van der Waals surface area contributed by atoms with E-state index in [0.717, 1.165) is 25.7 Å². The fraction of sp³-hybridized carbons (Fsp3) is 0.643. The smallest absolute Gasteiger partial charge is 0.246 e. The molecule has 96 valence electrons. The van der Waals surface area contributed by atoms with Gasteiger partial charge in [-0.1, -0.05) is 18.2 Å². The van der Waals surface area contributed by atoms with Crippen LogP contribution in [-0.2, 0) is 4.79 Å². The summed E-state index contributed by atoms with van der Waals surface area (Å²) in [4.78, 5) is 13.7. The number of carbonyl (C=O) groups is 1. The van der Waals surface area contributed by atoms with E-state index in [2.05, 4.69) is 5.32 Å². The molecule has 0 bridgehead atoms. The lowest BCUT2D eigenvalue weighted by molar-refractivity contribution is -0.127. The fourth-order valence-corrected chi connectivity index (χ4v) is 2.30. The highest BCUT2D eigenvalue weighted by Gasteiger charge is 2.24. The average molecular weight is 236 g/mol. The largest absolute Gasteiger partial charge is 0.339 e. The molecule has 0 saturated heterocycles. The van der Waals surface area contributed by atoms with Gasteiger partial charge in [0.2, 0.25) is 5.91 Å². The second kappa shape index (κ2) is 7.28. The zero-order chi connectivity index (χ0) is 12.7. The molecular formula is C14H24N2O. The third kappa shape index (κ3) is 4.35. The van der Waals surface area contributed by atoms with Crippen LogP contribution in [0.4, 0.5) is 0 Å². The molecular weight excluding hydrogens is 212 g/mol. The van der Waals surface area contributed by atoms with Crippen molar-refractivity contribution in [2.24, 2.45) is 0 Å². The van der Waals surface area contributed by atoms with Gasteiger partial charge in [0.15, 0.2) is 0 Å². The Balaban J connectivity index is 2.42. The summed E-state index contributed by atoms with van der Waals surface area (Å²) >= 11 is 0. The van der Waals surface area contributed by atoms with Crippen molar-refractivity contribution in [2.45, 2.75) is 44.7 Å². The van der Waals surface area contributed by atoms with Gasteiger partial charge >= 0.3 is 0 Å². The normalized spacial score (nSPS) is 25.6. The molecule has 1 saturated carbocycles. The topological polar surface area (TPSA) is 32.3 Å². The summed E-state index contributed by atoms with van der Waals surface area (Å²) in [6.07, 6.45) is 11.8. The molecule has 0 spiro atoms. The molecule has 0 atom stereocenters. The Morgan fingerprint density at radius 3 is 2.41 bits per heavy atom. The minimum Gasteiger partial charge on any atom is -0.339 e. The summed E-state index contributed by atoms with van der Waals surface area (Å²) in [5.41, 5.74) is 0. The number of rotatable bonds is 4. The highest BCUT2D eigenvalue weighted by Crippen LogP contribution is 2.22. The van der Waals surface area contributed by atoms with Gasteiger partial charge in [-0.3, -0.25) is 4.79 Å². The maximum atomic E-state index is 11.9. The van der Waals surface area contributed by atoms with Gasteiger partial charge in [-0.25, -0.2) is 0 Å². The third-order valence-corrected chi connectivity index (χ3v) is 3.54. The number of nitrogens with one attached hydrogen (secondary N) is 1. The summed E-state index contributed by atoms with van der Waals surface area (Å²) in [5.74, 6) is 0.107. The Labute approximate surface area is 105 Å². The minimum atomic E-state index is 0.107. The molecule has 0 aromatic carbocycles. The lowest BCUT2D eigenvalue weighted by Gasteiger charge is -2.34. The summed E-state index contributed by atoms with van der Waals surface area (Å²) < 4.78 is 0. The first kappa shape index (κ1) is 14.0. The predicted molar refractivity (Wildman–Crippen MR) is 71.8 cm³/mol. The SMILES string of the molecule is C/C=C/C=C/C(=O)N(C)C1CCC(NC)CC1. The van der Waals surface area contributed by atoms with Crippen molar-refractivity contribution in [2.75, 3.05) is 14.1 Å². The van der Waals surface area contributed by atoms with Crippen LogP contribution in [0.15, 0.2) is 24.3 Å². The predicted octanol–water partition coefficient (Wildman–Crippen LogP) is 2.11. The Morgan fingerprint density at radius 1 is 1.24 bits per heavy atom. The van der Waals surface area contributed by atoms with Crippen molar-refractivity contribution < 1.29 is 4.79 Å². The van der Waals surface area contributed by atoms with E-state index in [1.807, 2.05) is 38.1 Å². The standard InChI is InChI=1S/C14H24N2O/c1-4-5-6-7-14(17)16(3)13-10-8-12(15-2)9-11-13/h4-7,12-13,15H,8-11H2,1-3H3/b5-4+,7-6+. The molecule has 0 radical (unpaired) electrons. The molecule has 1 aliphatic carbocycles. The van der Waals surface area contributed by atoms with Crippen LogP contribution in [0, 0.1) is 0 Å². The maximum absolute atomic E-state index is 11.9. The van der Waals surface area contributed by atoms with Crippen molar-refractivity contribution >= 4 is 5.91 Å². The first-order valence-electron chi connectivity index (χ1n) is 6.42. The highest BCUT2D eigenvalue weighted by atomic mass is 16.2. The fourth-order valence-electron chi connectivity index (χ4n) is 2.30. The van der Waals surface area contributed by atoms with E-state index in [1.54, 1.807) is 12.2 Å². The van der Waals surface area contributed by atoms with Crippen LogP contribution >= 0.6 is 0 Å². The number of carbonyl (C=O) groups excluding carboxylic acids is 1. The Bertz CT molecular complexity index is 289. The monoisotopic (exact) mass is 236 g/mol. The molecule has 0 heterocycles. The highest BCUT2D eigenvalue weighted by molar-refractivity contribution is 5.87. The first-order valence-corrected chi connectivity index (χ1v) is 6.42. The number of nitrogens with zero attached hydrogens (tertiary/aromatic N) is 1. The Hall–Kier alpha value is -1.09. The lowest BCUT2D eigenvalue weighted by Crippen LogP contribution is -2.42. The quantitative estimate of drug-likeness (QED) is 0.599. The van der Waals surface area contributed by atoms with Crippen LogP contribution in [0.5, 0.6) is 0 Å². The van der Waals surface area contributed by atoms with E-state index in [9.17, 15) is 4.79 Å². The van der Waals surface area contributed by atoms with E-state index in [-0.39, 0.29) is 5.91 Å². The molecule has 3 heteroatoms. The molecule has 3 nitrogen and oxygen atoms in total. The van der Waals surface area contributed by atoms with Crippen molar-refractivity contribution in [3.05, 3.63) is 24.3 Å². The van der Waals surface area contributed by atoms with Crippen LogP contribution in [0.2, 0.25) is 0 Å².